The summed E-state index contributed by atoms with van der Waals surface area (Å²) in [6.07, 6.45) is 3.39. The zero-order chi connectivity index (χ0) is 14.4. The number of benzene rings is 1. The molecule has 1 N–H and O–H groups in total. The minimum atomic E-state index is -0.243. The van der Waals surface area contributed by atoms with E-state index in [2.05, 4.69) is 17.1 Å². The van der Waals surface area contributed by atoms with Crippen molar-refractivity contribution < 1.29 is 9.18 Å². The number of carbonyl (C=O) groups excluding carboxylic acids is 1. The highest BCUT2D eigenvalue weighted by Crippen LogP contribution is 2.15. The lowest BCUT2D eigenvalue weighted by molar-refractivity contribution is -0.121. The minimum Gasteiger partial charge on any atom is -0.355 e. The molecule has 1 aliphatic heterocycles. The molecule has 1 amide bonds. The zero-order valence-electron chi connectivity index (χ0n) is 12.1. The highest BCUT2D eigenvalue weighted by Gasteiger charge is 2.22. The molecule has 0 spiro atoms. The van der Waals surface area contributed by atoms with Gasteiger partial charge in [0.1, 0.15) is 5.82 Å². The van der Waals surface area contributed by atoms with E-state index in [1.165, 1.54) is 18.6 Å². The number of nitrogens with one attached hydrogen (secondary N) is 1. The maximum atomic E-state index is 13.0. The fourth-order valence-corrected chi connectivity index (χ4v) is 2.81. The van der Waals surface area contributed by atoms with E-state index in [1.807, 2.05) is 6.07 Å². The number of aryl methyl sites for hydroxylation is 1. The molecule has 1 aromatic rings. The monoisotopic (exact) mass is 278 g/mol. The van der Waals surface area contributed by atoms with E-state index in [0.717, 1.165) is 31.6 Å². The number of likely N-dealkylation sites (tertiary alicyclic amines) is 1. The second-order valence-corrected chi connectivity index (χ2v) is 5.36. The van der Waals surface area contributed by atoms with E-state index in [0.29, 0.717) is 18.9 Å². The van der Waals surface area contributed by atoms with Crippen LogP contribution in [-0.2, 0) is 11.2 Å². The number of amides is 1. The van der Waals surface area contributed by atoms with Crippen LogP contribution in [-0.4, -0.2) is 36.5 Å². The Bertz CT molecular complexity index is 450. The van der Waals surface area contributed by atoms with Crippen molar-refractivity contribution in [3.05, 3.63) is 35.6 Å². The third kappa shape index (κ3) is 4.30. The van der Waals surface area contributed by atoms with Gasteiger partial charge in [-0.1, -0.05) is 19.1 Å². The van der Waals surface area contributed by atoms with E-state index >= 15 is 0 Å². The van der Waals surface area contributed by atoms with Gasteiger partial charge in [0, 0.05) is 19.0 Å². The van der Waals surface area contributed by atoms with Crippen molar-refractivity contribution in [3.8, 4) is 0 Å². The van der Waals surface area contributed by atoms with Crippen molar-refractivity contribution in [2.24, 2.45) is 0 Å². The van der Waals surface area contributed by atoms with Crippen LogP contribution >= 0.6 is 0 Å². The number of halogens is 1. The Hall–Kier alpha value is -1.42. The average molecular weight is 278 g/mol. The van der Waals surface area contributed by atoms with Gasteiger partial charge in [-0.3, -0.25) is 9.69 Å². The summed E-state index contributed by atoms with van der Waals surface area (Å²) in [5, 5.41) is 3.00. The van der Waals surface area contributed by atoms with Gasteiger partial charge >= 0.3 is 0 Å². The van der Waals surface area contributed by atoms with Gasteiger partial charge < -0.3 is 5.32 Å². The van der Waals surface area contributed by atoms with E-state index < -0.39 is 0 Å². The maximum Gasteiger partial charge on any atom is 0.220 e. The molecule has 0 aliphatic carbocycles. The van der Waals surface area contributed by atoms with E-state index in [4.69, 9.17) is 0 Å². The van der Waals surface area contributed by atoms with Crippen molar-refractivity contribution in [2.45, 2.75) is 38.6 Å². The highest BCUT2D eigenvalue weighted by molar-refractivity contribution is 5.76. The van der Waals surface area contributed by atoms with Gasteiger partial charge in [0.15, 0.2) is 0 Å². The summed E-state index contributed by atoms with van der Waals surface area (Å²) in [6, 6.07) is 6.93. The summed E-state index contributed by atoms with van der Waals surface area (Å²) in [5.74, 6) is -0.190. The van der Waals surface area contributed by atoms with Crippen LogP contribution in [0.5, 0.6) is 0 Å². The van der Waals surface area contributed by atoms with Crippen molar-refractivity contribution in [3.63, 3.8) is 0 Å². The normalized spacial score (nSPS) is 19.2. The minimum absolute atomic E-state index is 0.0530. The Kier molecular flexibility index (Phi) is 5.53. The van der Waals surface area contributed by atoms with Crippen LogP contribution < -0.4 is 5.32 Å². The highest BCUT2D eigenvalue weighted by atomic mass is 19.1. The molecule has 3 nitrogen and oxygen atoms in total. The molecule has 0 radical (unpaired) electrons. The van der Waals surface area contributed by atoms with Gasteiger partial charge in [0.25, 0.3) is 0 Å². The molecule has 110 valence electrons. The van der Waals surface area contributed by atoms with Gasteiger partial charge in [0.2, 0.25) is 5.91 Å². The summed E-state index contributed by atoms with van der Waals surface area (Å²) < 4.78 is 13.0. The van der Waals surface area contributed by atoms with E-state index in [1.54, 1.807) is 6.07 Å². The van der Waals surface area contributed by atoms with E-state index in [9.17, 15) is 9.18 Å². The second kappa shape index (κ2) is 7.39. The Balaban J connectivity index is 1.70. The Labute approximate surface area is 120 Å². The first kappa shape index (κ1) is 15.0. The van der Waals surface area contributed by atoms with Gasteiger partial charge in [-0.15, -0.1) is 0 Å². The molecule has 2 rings (SSSR count). The Morgan fingerprint density at radius 3 is 3.10 bits per heavy atom. The smallest absolute Gasteiger partial charge is 0.220 e. The lowest BCUT2D eigenvalue weighted by atomic mass is 10.1. The molecular formula is C16H23FN2O. The average Bonchev–Trinajstić information content (AvgIpc) is 2.90. The Morgan fingerprint density at radius 1 is 1.50 bits per heavy atom. The van der Waals surface area contributed by atoms with Crippen molar-refractivity contribution in [2.75, 3.05) is 19.6 Å². The first-order chi connectivity index (χ1) is 9.69. The molecule has 1 heterocycles. The fourth-order valence-electron chi connectivity index (χ4n) is 2.81. The van der Waals surface area contributed by atoms with Crippen LogP contribution in [0.1, 0.15) is 31.7 Å². The fraction of sp³-hybridized carbons (Fsp3) is 0.562. The van der Waals surface area contributed by atoms with Gasteiger partial charge in [-0.05, 0) is 50.0 Å². The van der Waals surface area contributed by atoms with Gasteiger partial charge in [0.05, 0.1) is 0 Å². The third-order valence-electron chi connectivity index (χ3n) is 3.97. The molecule has 4 heteroatoms. The third-order valence-corrected chi connectivity index (χ3v) is 3.97. The quantitative estimate of drug-likeness (QED) is 0.866. The van der Waals surface area contributed by atoms with E-state index in [-0.39, 0.29) is 11.7 Å². The molecule has 1 aromatic carbocycles. The summed E-state index contributed by atoms with van der Waals surface area (Å²) >= 11 is 0. The molecule has 20 heavy (non-hydrogen) atoms. The van der Waals surface area contributed by atoms with Crippen molar-refractivity contribution >= 4 is 5.91 Å². The standard InChI is InChI=1S/C16H23FN2O/c1-2-19-10-4-7-15(19)12-18-16(20)9-8-13-5-3-6-14(17)11-13/h3,5-6,11,15H,2,4,7-10,12H2,1H3,(H,18,20)/t15-/m1/s1. The van der Waals surface area contributed by atoms with Crippen LogP contribution in [0, 0.1) is 5.82 Å². The summed E-state index contributed by atoms with van der Waals surface area (Å²) in [4.78, 5) is 14.2. The first-order valence-electron chi connectivity index (χ1n) is 7.44. The molecule has 0 bridgehead atoms. The van der Waals surface area contributed by atoms with Crippen molar-refractivity contribution in [1.82, 2.24) is 10.2 Å². The molecule has 1 atom stereocenters. The summed E-state index contributed by atoms with van der Waals surface area (Å²) in [5.41, 5.74) is 0.871. The van der Waals surface area contributed by atoms with Crippen molar-refractivity contribution in [1.29, 1.82) is 0 Å². The largest absolute Gasteiger partial charge is 0.355 e. The lowest BCUT2D eigenvalue weighted by Crippen LogP contribution is -2.40. The Morgan fingerprint density at radius 2 is 2.35 bits per heavy atom. The summed E-state index contributed by atoms with van der Waals surface area (Å²) in [7, 11) is 0. The molecular weight excluding hydrogens is 255 g/mol. The molecule has 0 unspecified atom stereocenters. The summed E-state index contributed by atoms with van der Waals surface area (Å²) in [6.45, 7) is 5.07. The van der Waals surface area contributed by atoms with Gasteiger partial charge in [-0.2, -0.15) is 0 Å². The topological polar surface area (TPSA) is 32.3 Å². The number of hydrogen-bond acceptors (Lipinski definition) is 2. The van der Waals surface area contributed by atoms with Crippen LogP contribution in [0.4, 0.5) is 4.39 Å². The zero-order valence-corrected chi connectivity index (χ0v) is 12.1. The number of carbonyl (C=O) groups is 1. The SMILES string of the molecule is CCN1CCC[C@@H]1CNC(=O)CCc1cccc(F)c1. The molecule has 1 aliphatic rings. The molecule has 1 fully saturated rings. The number of hydrogen-bond donors (Lipinski definition) is 1. The van der Waals surface area contributed by atoms with Crippen LogP contribution in [0.15, 0.2) is 24.3 Å². The lowest BCUT2D eigenvalue weighted by Gasteiger charge is -2.22. The molecule has 1 saturated heterocycles. The maximum absolute atomic E-state index is 13.0. The first-order valence-corrected chi connectivity index (χ1v) is 7.44. The van der Waals surface area contributed by atoms with Crippen LogP contribution in [0.25, 0.3) is 0 Å². The second-order valence-electron chi connectivity index (χ2n) is 5.36. The molecule has 0 saturated carbocycles. The van der Waals surface area contributed by atoms with Gasteiger partial charge in [-0.25, -0.2) is 4.39 Å². The number of nitrogens with zero attached hydrogens (tertiary/aromatic N) is 1. The predicted molar refractivity (Wildman–Crippen MR) is 78.0 cm³/mol. The predicted octanol–water partition coefficient (Wildman–Crippen LogP) is 2.36. The number of rotatable bonds is 6. The molecule has 0 aromatic heterocycles. The number of likely N-dealkylation sites (N-methyl/N-ethyl adjacent to an activating group) is 1. The van der Waals surface area contributed by atoms with Crippen LogP contribution in [0.3, 0.4) is 0 Å². The van der Waals surface area contributed by atoms with Crippen LogP contribution in [0.2, 0.25) is 0 Å².